The van der Waals surface area contributed by atoms with Crippen LogP contribution >= 0.6 is 35.2 Å². The molecule has 0 aliphatic rings. The van der Waals surface area contributed by atoms with Crippen molar-refractivity contribution in [2.24, 2.45) is 0 Å². The number of aromatic nitrogens is 1. The predicted molar refractivity (Wildman–Crippen MR) is 127 cm³/mol. The number of thiophene rings is 1. The number of nitrogens with zero attached hydrogens (tertiary/aromatic N) is 1. The summed E-state index contributed by atoms with van der Waals surface area (Å²) in [5.74, 6) is 0.0789. The van der Waals surface area contributed by atoms with Gasteiger partial charge in [-0.15, -0.1) is 11.3 Å². The number of halogens is 1. The van der Waals surface area contributed by atoms with E-state index >= 15 is 0 Å². The minimum atomic E-state index is 0.0789. The zero-order valence-electron chi connectivity index (χ0n) is 15.6. The molecule has 2 heterocycles. The second-order valence-electron chi connectivity index (χ2n) is 6.57. The summed E-state index contributed by atoms with van der Waals surface area (Å²) in [7, 11) is 0. The molecule has 2 N–H and O–H groups in total. The number of thiocarbonyl (C=S) groups is 1. The Morgan fingerprint density at radius 1 is 1.03 bits per heavy atom. The van der Waals surface area contributed by atoms with E-state index in [1.165, 1.54) is 11.3 Å². The Labute approximate surface area is 183 Å². The zero-order chi connectivity index (χ0) is 20.4. The van der Waals surface area contributed by atoms with Crippen LogP contribution in [0.2, 0.25) is 4.34 Å². The molecule has 0 amide bonds. The van der Waals surface area contributed by atoms with Gasteiger partial charge in [-0.1, -0.05) is 60.2 Å². The summed E-state index contributed by atoms with van der Waals surface area (Å²) >= 11 is 13.1. The van der Waals surface area contributed by atoms with Crippen molar-refractivity contribution >= 4 is 68.1 Å². The molecule has 4 rings (SSSR count). The Morgan fingerprint density at radius 2 is 1.83 bits per heavy atom. The Kier molecular flexibility index (Phi) is 5.62. The summed E-state index contributed by atoms with van der Waals surface area (Å²) in [5, 5.41) is 16.6. The number of hydrogen-bond acceptors (Lipinski definition) is 3. The first kappa shape index (κ1) is 19.6. The summed E-state index contributed by atoms with van der Waals surface area (Å²) in [6.07, 6.45) is 3.79. The molecular weight excluding hydrogens is 420 g/mol. The van der Waals surface area contributed by atoms with Gasteiger partial charge in [0.05, 0.1) is 9.21 Å². The van der Waals surface area contributed by atoms with Gasteiger partial charge in [0.2, 0.25) is 5.76 Å². The maximum Gasteiger partial charge on any atom is 0.289 e. The molecule has 0 atom stereocenters. The van der Waals surface area contributed by atoms with Crippen LogP contribution in [-0.2, 0) is 0 Å². The molecule has 4 aromatic rings. The van der Waals surface area contributed by atoms with Gasteiger partial charge < -0.3 is 10.4 Å². The molecule has 0 saturated heterocycles. The van der Waals surface area contributed by atoms with E-state index in [4.69, 9.17) is 23.8 Å². The lowest BCUT2D eigenvalue weighted by Crippen LogP contribution is -2.38. The minimum Gasteiger partial charge on any atom is -0.501 e. The highest BCUT2D eigenvalue weighted by Crippen LogP contribution is 2.29. The number of benzene rings is 2. The van der Waals surface area contributed by atoms with Crippen molar-refractivity contribution in [3.8, 4) is 0 Å². The van der Waals surface area contributed by atoms with Crippen molar-refractivity contribution in [2.75, 3.05) is 5.32 Å². The first-order chi connectivity index (χ1) is 14.0. The fraction of sp³-hybridized carbons (Fsp3) is 0.0435. The second-order valence-corrected chi connectivity index (χ2v) is 8.69. The van der Waals surface area contributed by atoms with Gasteiger partial charge in [-0.25, -0.2) is 0 Å². The normalized spacial score (nSPS) is 11.9. The van der Waals surface area contributed by atoms with Gasteiger partial charge in [-0.3, -0.25) is 0 Å². The van der Waals surface area contributed by atoms with E-state index in [1.807, 2.05) is 66.3 Å². The van der Waals surface area contributed by atoms with Crippen LogP contribution in [0.25, 0.3) is 22.2 Å². The van der Waals surface area contributed by atoms with Crippen LogP contribution in [-0.4, -0.2) is 10.1 Å². The molecule has 29 heavy (non-hydrogen) atoms. The van der Waals surface area contributed by atoms with Gasteiger partial charge in [-0.2, -0.15) is 4.57 Å². The molecule has 144 valence electrons. The number of rotatable bonds is 4. The van der Waals surface area contributed by atoms with Gasteiger partial charge in [0.15, 0.2) is 17.4 Å². The lowest BCUT2D eigenvalue weighted by Gasteiger charge is -2.12. The van der Waals surface area contributed by atoms with Crippen LogP contribution in [0, 0.1) is 6.92 Å². The molecular formula is C23H18ClN2OS2+. The number of anilines is 1. The quantitative estimate of drug-likeness (QED) is 0.166. The molecule has 2 aromatic heterocycles. The molecule has 0 fully saturated rings. The van der Waals surface area contributed by atoms with E-state index in [2.05, 4.69) is 17.4 Å². The average Bonchev–Trinajstić information content (AvgIpc) is 3.15. The fourth-order valence-electron chi connectivity index (χ4n) is 3.15. The maximum absolute atomic E-state index is 11.1. The maximum atomic E-state index is 11.1. The molecule has 3 nitrogen and oxygen atoms in total. The molecule has 0 saturated carbocycles. The van der Waals surface area contributed by atoms with Crippen LogP contribution in [0.1, 0.15) is 10.4 Å². The number of aliphatic hydroxyl groups is 1. The second kappa shape index (κ2) is 8.33. The van der Waals surface area contributed by atoms with Crippen LogP contribution < -0.4 is 9.88 Å². The Balaban J connectivity index is 1.81. The van der Waals surface area contributed by atoms with Gasteiger partial charge in [0, 0.05) is 22.7 Å². The highest BCUT2D eigenvalue weighted by molar-refractivity contribution is 7.81. The lowest BCUT2D eigenvalue weighted by atomic mass is 10.1. The van der Waals surface area contributed by atoms with E-state index in [-0.39, 0.29) is 5.76 Å². The zero-order valence-corrected chi connectivity index (χ0v) is 18.0. The van der Waals surface area contributed by atoms with Gasteiger partial charge >= 0.3 is 0 Å². The number of nitrogens with one attached hydrogen (secondary N) is 1. The highest BCUT2D eigenvalue weighted by Gasteiger charge is 2.25. The monoisotopic (exact) mass is 437 g/mol. The third-order valence-electron chi connectivity index (χ3n) is 4.49. The molecule has 6 heteroatoms. The SMILES string of the molecule is Cc1ccc[n+](/C(C(=S)Nc2cccc3ccccc23)=C(/O)c2ccc(Cl)s2)c1. The summed E-state index contributed by atoms with van der Waals surface area (Å²) in [6.45, 7) is 1.99. The standard InChI is InChI=1S/C23H17ClN2OS2/c1-15-6-5-13-26(14-15)21(22(27)19-11-12-20(24)29-19)23(28)25-18-10-4-8-16-7-2-3-9-17(16)18/h2-14H,1H3,(H-,25,27,28)/p+1. The Hall–Kier alpha value is -2.73. The Morgan fingerprint density at radius 3 is 2.59 bits per heavy atom. The molecule has 0 radical (unpaired) electrons. The van der Waals surface area contributed by atoms with Crippen molar-refractivity contribution in [2.45, 2.75) is 6.92 Å². The van der Waals surface area contributed by atoms with Gasteiger partial charge in [0.1, 0.15) is 0 Å². The van der Waals surface area contributed by atoms with E-state index in [1.54, 1.807) is 12.1 Å². The molecule has 0 spiro atoms. The number of pyridine rings is 1. The van der Waals surface area contributed by atoms with E-state index < -0.39 is 0 Å². The summed E-state index contributed by atoms with van der Waals surface area (Å²) < 4.78 is 2.44. The van der Waals surface area contributed by atoms with Crippen LogP contribution in [0.3, 0.4) is 0 Å². The number of fused-ring (bicyclic) bond motifs is 1. The van der Waals surface area contributed by atoms with Crippen molar-refractivity contribution < 1.29 is 9.67 Å². The van der Waals surface area contributed by atoms with Crippen LogP contribution in [0.15, 0.2) is 79.1 Å². The summed E-state index contributed by atoms with van der Waals surface area (Å²) in [5.41, 5.74) is 2.43. The molecule has 0 unspecified atom stereocenters. The average molecular weight is 438 g/mol. The van der Waals surface area contributed by atoms with Crippen molar-refractivity contribution in [1.82, 2.24) is 0 Å². The van der Waals surface area contributed by atoms with Gasteiger partial charge in [0.25, 0.3) is 5.70 Å². The number of hydrogen-bond donors (Lipinski definition) is 2. The number of aryl methyl sites for hydroxylation is 1. The first-order valence-electron chi connectivity index (χ1n) is 8.99. The molecule has 0 aliphatic carbocycles. The molecule has 2 aromatic carbocycles. The third kappa shape index (κ3) is 4.17. The smallest absolute Gasteiger partial charge is 0.289 e. The fourth-order valence-corrected chi connectivity index (χ4v) is 4.45. The topological polar surface area (TPSA) is 36.1 Å². The van der Waals surface area contributed by atoms with Crippen molar-refractivity contribution in [3.63, 3.8) is 0 Å². The third-order valence-corrected chi connectivity index (χ3v) is 6.02. The number of aliphatic hydroxyl groups excluding tert-OH is 1. The van der Waals surface area contributed by atoms with E-state index in [0.29, 0.717) is 19.9 Å². The van der Waals surface area contributed by atoms with Crippen LogP contribution in [0.5, 0.6) is 0 Å². The first-order valence-corrected chi connectivity index (χ1v) is 10.6. The van der Waals surface area contributed by atoms with Crippen LogP contribution in [0.4, 0.5) is 5.69 Å². The largest absolute Gasteiger partial charge is 0.501 e. The predicted octanol–water partition coefficient (Wildman–Crippen LogP) is 6.47. The van der Waals surface area contributed by atoms with Gasteiger partial charge in [-0.05, 0) is 36.6 Å². The lowest BCUT2D eigenvalue weighted by molar-refractivity contribution is -0.576. The van der Waals surface area contributed by atoms with E-state index in [0.717, 1.165) is 22.0 Å². The highest BCUT2D eigenvalue weighted by atomic mass is 35.5. The van der Waals surface area contributed by atoms with E-state index in [9.17, 15) is 5.11 Å². The summed E-state index contributed by atoms with van der Waals surface area (Å²) in [4.78, 5) is 1.07. The summed E-state index contributed by atoms with van der Waals surface area (Å²) in [6, 6.07) is 21.6. The van der Waals surface area contributed by atoms with Crippen molar-refractivity contribution in [1.29, 1.82) is 0 Å². The van der Waals surface area contributed by atoms with Crippen molar-refractivity contribution in [3.05, 3.63) is 93.9 Å². The minimum absolute atomic E-state index is 0.0789. The molecule has 0 bridgehead atoms. The Bertz CT molecular complexity index is 1240. The molecule has 0 aliphatic heterocycles.